The van der Waals surface area contributed by atoms with E-state index >= 15 is 0 Å². The third-order valence-corrected chi connectivity index (χ3v) is 3.86. The van der Waals surface area contributed by atoms with Crippen molar-refractivity contribution >= 4 is 27.4 Å². The first kappa shape index (κ1) is 15.5. The fourth-order valence-corrected chi connectivity index (χ4v) is 2.99. The molecule has 1 heterocycles. The van der Waals surface area contributed by atoms with Crippen molar-refractivity contribution in [2.75, 3.05) is 24.6 Å². The lowest BCUT2D eigenvalue weighted by Crippen LogP contribution is -2.54. The summed E-state index contributed by atoms with van der Waals surface area (Å²) in [5, 5.41) is 9.39. The van der Waals surface area contributed by atoms with Crippen LogP contribution in [0.5, 0.6) is 0 Å². The Kier molecular flexibility index (Phi) is 4.52. The van der Waals surface area contributed by atoms with Crippen LogP contribution >= 0.6 is 15.9 Å². The molecular formula is C15H20BrNO3. The molecule has 0 amide bonds. The Labute approximate surface area is 127 Å². The number of ether oxygens (including phenoxy) is 1. The Morgan fingerprint density at radius 2 is 2.25 bits per heavy atom. The number of morpholine rings is 1. The number of ketones is 1. The van der Waals surface area contributed by atoms with Gasteiger partial charge in [0.1, 0.15) is 0 Å². The van der Waals surface area contributed by atoms with E-state index in [9.17, 15) is 9.90 Å². The first-order chi connectivity index (χ1) is 9.32. The van der Waals surface area contributed by atoms with Gasteiger partial charge in [-0.3, -0.25) is 4.79 Å². The molecule has 4 nitrogen and oxygen atoms in total. The minimum absolute atomic E-state index is 0.0245. The monoisotopic (exact) mass is 341 g/mol. The Hall–Kier alpha value is -0.910. The predicted molar refractivity (Wildman–Crippen MR) is 82.4 cm³/mol. The van der Waals surface area contributed by atoms with Crippen LogP contribution in [0, 0.1) is 0 Å². The minimum Gasteiger partial charge on any atom is -0.394 e. The maximum Gasteiger partial charge on any atom is 0.161 e. The van der Waals surface area contributed by atoms with Gasteiger partial charge in [-0.25, -0.2) is 0 Å². The molecular weight excluding hydrogens is 322 g/mol. The number of carbonyl (C=O) groups excluding carboxylic acids is 1. The molecule has 110 valence electrons. The summed E-state index contributed by atoms with van der Waals surface area (Å²) in [6.45, 7) is 6.79. The first-order valence-corrected chi connectivity index (χ1v) is 7.46. The molecule has 0 saturated carbocycles. The van der Waals surface area contributed by atoms with Crippen molar-refractivity contribution in [1.82, 2.24) is 0 Å². The van der Waals surface area contributed by atoms with Gasteiger partial charge in [-0.2, -0.15) is 0 Å². The van der Waals surface area contributed by atoms with E-state index in [2.05, 4.69) is 20.8 Å². The number of nitrogens with zero attached hydrogens (tertiary/aromatic N) is 1. The smallest absolute Gasteiger partial charge is 0.161 e. The van der Waals surface area contributed by atoms with Crippen LogP contribution in [0.15, 0.2) is 22.7 Å². The number of aliphatic hydroxyl groups excluding tert-OH is 1. The molecule has 1 saturated heterocycles. The number of hydrogen-bond donors (Lipinski definition) is 1. The van der Waals surface area contributed by atoms with E-state index in [1.165, 1.54) is 0 Å². The molecule has 1 aliphatic rings. The fraction of sp³-hybridized carbons (Fsp3) is 0.533. The van der Waals surface area contributed by atoms with Gasteiger partial charge in [-0.15, -0.1) is 0 Å². The van der Waals surface area contributed by atoms with Gasteiger partial charge in [0, 0.05) is 28.8 Å². The third-order valence-electron chi connectivity index (χ3n) is 3.36. The molecule has 5 heteroatoms. The van der Waals surface area contributed by atoms with Gasteiger partial charge in [0.2, 0.25) is 0 Å². The van der Waals surface area contributed by atoms with Crippen LogP contribution in [-0.4, -0.2) is 42.3 Å². The molecule has 1 unspecified atom stereocenters. The van der Waals surface area contributed by atoms with Gasteiger partial charge in [-0.1, -0.05) is 15.9 Å². The minimum atomic E-state index is -0.359. The van der Waals surface area contributed by atoms with Gasteiger partial charge in [-0.05, 0) is 39.0 Å². The molecule has 0 aromatic heterocycles. The summed E-state index contributed by atoms with van der Waals surface area (Å²) < 4.78 is 6.75. The topological polar surface area (TPSA) is 49.8 Å². The molecule has 20 heavy (non-hydrogen) atoms. The summed E-state index contributed by atoms with van der Waals surface area (Å²) in [5.41, 5.74) is 1.23. The molecule has 2 rings (SSSR count). The molecule has 0 aliphatic carbocycles. The fourth-order valence-electron chi connectivity index (χ4n) is 2.64. The van der Waals surface area contributed by atoms with Gasteiger partial charge in [0.25, 0.3) is 0 Å². The molecule has 1 aromatic carbocycles. The zero-order chi connectivity index (χ0) is 14.9. The molecule has 0 radical (unpaired) electrons. The summed E-state index contributed by atoms with van der Waals surface area (Å²) in [5.74, 6) is 0.0392. The molecule has 1 aliphatic heterocycles. The van der Waals surface area contributed by atoms with Crippen molar-refractivity contribution in [1.29, 1.82) is 0 Å². The third kappa shape index (κ3) is 3.40. The van der Waals surface area contributed by atoms with E-state index in [0.29, 0.717) is 18.7 Å². The highest BCUT2D eigenvalue weighted by molar-refractivity contribution is 9.10. The van der Waals surface area contributed by atoms with Crippen molar-refractivity contribution in [3.05, 3.63) is 28.2 Å². The molecule has 1 atom stereocenters. The van der Waals surface area contributed by atoms with Crippen molar-refractivity contribution < 1.29 is 14.6 Å². The Balaban J connectivity index is 2.39. The normalized spacial score (nSPS) is 21.9. The van der Waals surface area contributed by atoms with Crippen LogP contribution in [0.2, 0.25) is 0 Å². The van der Waals surface area contributed by atoms with Crippen molar-refractivity contribution in [2.24, 2.45) is 0 Å². The van der Waals surface area contributed by atoms with E-state index in [0.717, 1.165) is 10.2 Å². The molecule has 1 N–H and O–H groups in total. The largest absolute Gasteiger partial charge is 0.394 e. The summed E-state index contributed by atoms with van der Waals surface area (Å²) >= 11 is 3.45. The lowest BCUT2D eigenvalue weighted by molar-refractivity contribution is -0.101. The van der Waals surface area contributed by atoms with Crippen LogP contribution in [0.3, 0.4) is 0 Å². The number of Topliss-reactive ketones (excluding diaryl/α,β-unsaturated/α-hetero) is 1. The maximum absolute atomic E-state index is 11.8. The van der Waals surface area contributed by atoms with Crippen molar-refractivity contribution in [3.63, 3.8) is 0 Å². The van der Waals surface area contributed by atoms with Crippen LogP contribution in [0.25, 0.3) is 0 Å². The predicted octanol–water partition coefficient (Wildman–Crippen LogP) is 2.63. The molecule has 0 spiro atoms. The average molecular weight is 342 g/mol. The van der Waals surface area contributed by atoms with Crippen molar-refractivity contribution in [3.8, 4) is 0 Å². The summed E-state index contributed by atoms with van der Waals surface area (Å²) in [7, 11) is 0. The number of aliphatic hydroxyl groups is 1. The van der Waals surface area contributed by atoms with Crippen LogP contribution in [0.1, 0.15) is 31.1 Å². The van der Waals surface area contributed by atoms with Gasteiger partial charge in [0.15, 0.2) is 5.78 Å². The number of benzene rings is 1. The number of halogens is 1. The van der Waals surface area contributed by atoms with Crippen LogP contribution < -0.4 is 4.90 Å². The van der Waals surface area contributed by atoms with E-state index < -0.39 is 0 Å². The summed E-state index contributed by atoms with van der Waals surface area (Å²) in [6, 6.07) is 5.65. The highest BCUT2D eigenvalue weighted by Crippen LogP contribution is 2.31. The van der Waals surface area contributed by atoms with E-state index in [-0.39, 0.29) is 24.1 Å². The van der Waals surface area contributed by atoms with E-state index in [1.807, 2.05) is 32.0 Å². The van der Waals surface area contributed by atoms with Crippen LogP contribution in [-0.2, 0) is 4.74 Å². The van der Waals surface area contributed by atoms with Gasteiger partial charge < -0.3 is 14.7 Å². The van der Waals surface area contributed by atoms with Gasteiger partial charge in [0.05, 0.1) is 18.3 Å². The lowest BCUT2D eigenvalue weighted by atomic mass is 10.0. The van der Waals surface area contributed by atoms with Crippen molar-refractivity contribution in [2.45, 2.75) is 32.5 Å². The number of anilines is 1. The van der Waals surface area contributed by atoms with Gasteiger partial charge >= 0.3 is 0 Å². The van der Waals surface area contributed by atoms with E-state index in [1.54, 1.807) is 6.92 Å². The zero-order valence-corrected chi connectivity index (χ0v) is 13.6. The Morgan fingerprint density at radius 1 is 1.55 bits per heavy atom. The maximum atomic E-state index is 11.8. The number of rotatable bonds is 3. The highest BCUT2D eigenvalue weighted by atomic mass is 79.9. The lowest BCUT2D eigenvalue weighted by Gasteiger charge is -2.44. The summed E-state index contributed by atoms with van der Waals surface area (Å²) in [6.07, 6.45) is -0.238. The average Bonchev–Trinajstić information content (AvgIpc) is 2.36. The highest BCUT2D eigenvalue weighted by Gasteiger charge is 2.34. The molecule has 1 fully saturated rings. The van der Waals surface area contributed by atoms with Crippen LogP contribution in [0.4, 0.5) is 5.69 Å². The first-order valence-electron chi connectivity index (χ1n) is 6.66. The number of carbonyl (C=O) groups is 1. The standard InChI is InChI=1S/C15H20BrNO3/c1-10(19)13-5-4-11(16)6-14(13)17-7-12(8-18)20-15(2,3)9-17/h4-6,12,18H,7-9H2,1-3H3. The zero-order valence-electron chi connectivity index (χ0n) is 12.0. The quantitative estimate of drug-likeness (QED) is 0.858. The van der Waals surface area contributed by atoms with E-state index in [4.69, 9.17) is 4.74 Å². The number of hydrogen-bond acceptors (Lipinski definition) is 4. The second-order valence-electron chi connectivity index (χ2n) is 5.78. The molecule has 1 aromatic rings. The SMILES string of the molecule is CC(=O)c1ccc(Br)cc1N1CC(CO)OC(C)(C)C1. The Bertz CT molecular complexity index is 516. The molecule has 0 bridgehead atoms. The second kappa shape index (κ2) is 5.84. The second-order valence-corrected chi connectivity index (χ2v) is 6.70. The Morgan fingerprint density at radius 3 is 2.85 bits per heavy atom. The summed E-state index contributed by atoms with van der Waals surface area (Å²) in [4.78, 5) is 13.9.